The fourth-order valence-corrected chi connectivity index (χ4v) is 2.13. The van der Waals surface area contributed by atoms with Gasteiger partial charge in [0, 0.05) is 0 Å². The SMILES string of the molecule is CCCCCCCCCC[O][Sb]([F])[F]. The van der Waals surface area contributed by atoms with E-state index in [9.17, 15) is 5.63 Å². The van der Waals surface area contributed by atoms with E-state index in [-0.39, 0.29) is 6.61 Å². The molecule has 0 aromatic rings. The summed E-state index contributed by atoms with van der Waals surface area (Å²) in [6, 6.07) is 0. The molecule has 0 unspecified atom stereocenters. The number of hydrogen-bond donors (Lipinski definition) is 0. The zero-order chi connectivity index (χ0) is 10.6. The molecule has 1 nitrogen and oxygen atoms in total. The third kappa shape index (κ3) is 12.6. The van der Waals surface area contributed by atoms with Crippen molar-refractivity contribution in [3.05, 3.63) is 0 Å². The van der Waals surface area contributed by atoms with Gasteiger partial charge in [-0.15, -0.1) is 0 Å². The maximum atomic E-state index is 11.7. The molecule has 4 heteroatoms. The van der Waals surface area contributed by atoms with Crippen LogP contribution in [-0.2, 0) is 3.02 Å². The third-order valence-electron chi connectivity index (χ3n) is 2.19. The molecule has 0 saturated carbocycles. The van der Waals surface area contributed by atoms with E-state index in [0.717, 1.165) is 12.8 Å². The zero-order valence-electron chi connectivity index (χ0n) is 8.98. The third-order valence-corrected chi connectivity index (χ3v) is 3.26. The molecule has 86 valence electrons. The van der Waals surface area contributed by atoms with Crippen molar-refractivity contribution >= 4 is 21.8 Å². The Hall–Kier alpha value is 0.638. The van der Waals surface area contributed by atoms with Crippen LogP contribution in [0.25, 0.3) is 0 Å². The molecule has 14 heavy (non-hydrogen) atoms. The van der Waals surface area contributed by atoms with Gasteiger partial charge in [-0.2, -0.15) is 0 Å². The molecule has 0 fully saturated rings. The first-order chi connectivity index (χ1) is 6.77. The number of unbranched alkanes of at least 4 members (excludes halogenated alkanes) is 7. The molecule has 0 saturated heterocycles. The van der Waals surface area contributed by atoms with E-state index in [4.69, 9.17) is 0 Å². The van der Waals surface area contributed by atoms with Crippen LogP contribution in [0.5, 0.6) is 0 Å². The van der Waals surface area contributed by atoms with Gasteiger partial charge in [0.05, 0.1) is 0 Å². The van der Waals surface area contributed by atoms with E-state index in [1.165, 1.54) is 38.5 Å². The van der Waals surface area contributed by atoms with E-state index < -0.39 is 21.8 Å². The van der Waals surface area contributed by atoms with Crippen molar-refractivity contribution in [2.45, 2.75) is 58.3 Å². The van der Waals surface area contributed by atoms with Gasteiger partial charge in [-0.1, -0.05) is 0 Å². The molecule has 0 N–H and O–H groups in total. The summed E-state index contributed by atoms with van der Waals surface area (Å²) >= 11 is -4.11. The molecule has 0 aromatic carbocycles. The van der Waals surface area contributed by atoms with Crippen molar-refractivity contribution in [3.8, 4) is 0 Å². The predicted octanol–water partition coefficient (Wildman–Crippen LogP) is 4.07. The monoisotopic (exact) mass is 316 g/mol. The Bertz CT molecular complexity index is 112. The Labute approximate surface area is 95.3 Å². The zero-order valence-corrected chi connectivity index (χ0v) is 11.5. The summed E-state index contributed by atoms with van der Waals surface area (Å²) in [6.45, 7) is 2.48. The van der Waals surface area contributed by atoms with Gasteiger partial charge in [-0.05, 0) is 0 Å². The van der Waals surface area contributed by atoms with Crippen LogP contribution in [0.4, 0.5) is 5.63 Å². The Morgan fingerprint density at radius 1 is 0.857 bits per heavy atom. The summed E-state index contributed by atoms with van der Waals surface area (Å²) in [5.74, 6) is 0. The number of rotatable bonds is 10. The average molecular weight is 317 g/mol. The molecule has 0 aliphatic rings. The number of halogens is 2. The molecule has 0 atom stereocenters. The van der Waals surface area contributed by atoms with Gasteiger partial charge in [0.2, 0.25) is 0 Å². The van der Waals surface area contributed by atoms with Crippen LogP contribution in [0.15, 0.2) is 0 Å². The van der Waals surface area contributed by atoms with Crippen LogP contribution in [0.2, 0.25) is 0 Å². The van der Waals surface area contributed by atoms with E-state index in [1.807, 2.05) is 0 Å². The Balaban J connectivity index is 2.85. The number of hydrogen-bond acceptors (Lipinski definition) is 1. The van der Waals surface area contributed by atoms with Gasteiger partial charge >= 0.3 is 95.3 Å². The molecular formula is C10H21F2OSb. The first kappa shape index (κ1) is 14.6. The van der Waals surface area contributed by atoms with Gasteiger partial charge in [-0.25, -0.2) is 0 Å². The predicted molar refractivity (Wildman–Crippen MR) is 56.5 cm³/mol. The standard InChI is InChI=1S/C10H21O.2FH.Sb/c1-2-3-4-5-6-7-8-9-10-11;;;/h2-10H2,1H3;2*1H;/q-1;;;+3/p-2. The summed E-state index contributed by atoms with van der Waals surface area (Å²) in [4.78, 5) is 0. The van der Waals surface area contributed by atoms with Crippen molar-refractivity contribution in [2.24, 2.45) is 0 Å². The minimum absolute atomic E-state index is 0.282. The van der Waals surface area contributed by atoms with Gasteiger partial charge in [0.15, 0.2) is 0 Å². The molecule has 0 radical (unpaired) electrons. The molecule has 0 amide bonds. The van der Waals surface area contributed by atoms with E-state index in [2.05, 4.69) is 9.94 Å². The van der Waals surface area contributed by atoms with Crippen LogP contribution < -0.4 is 0 Å². The van der Waals surface area contributed by atoms with E-state index in [1.54, 1.807) is 0 Å². The van der Waals surface area contributed by atoms with Crippen LogP contribution in [-0.4, -0.2) is 28.4 Å². The maximum absolute atomic E-state index is 11.7. The van der Waals surface area contributed by atoms with E-state index in [0.29, 0.717) is 0 Å². The molecule has 0 aromatic heterocycles. The summed E-state index contributed by atoms with van der Waals surface area (Å²) in [6.07, 6.45) is 9.47. The average Bonchev–Trinajstić information content (AvgIpc) is 2.15. The summed E-state index contributed by atoms with van der Waals surface area (Å²) in [5, 5.41) is 0. The first-order valence-corrected chi connectivity index (χ1v) is 8.49. The fraction of sp³-hybridized carbons (Fsp3) is 1.00. The summed E-state index contributed by atoms with van der Waals surface area (Å²) in [5.41, 5.74) is 0. The quantitative estimate of drug-likeness (QED) is 0.436. The second-order valence-corrected chi connectivity index (χ2v) is 5.40. The van der Waals surface area contributed by atoms with Gasteiger partial charge in [0.1, 0.15) is 0 Å². The molecule has 0 bridgehead atoms. The summed E-state index contributed by atoms with van der Waals surface area (Å²) in [7, 11) is 0. The van der Waals surface area contributed by atoms with E-state index >= 15 is 0 Å². The van der Waals surface area contributed by atoms with Gasteiger partial charge in [0.25, 0.3) is 0 Å². The normalized spacial score (nSPS) is 11.1. The van der Waals surface area contributed by atoms with Crippen molar-refractivity contribution < 1.29 is 8.64 Å². The molecule has 0 heterocycles. The van der Waals surface area contributed by atoms with Gasteiger partial charge in [-0.3, -0.25) is 0 Å². The second kappa shape index (κ2) is 11.7. The van der Waals surface area contributed by atoms with Crippen LogP contribution >= 0.6 is 0 Å². The molecular weight excluding hydrogens is 296 g/mol. The molecule has 0 aliphatic carbocycles. The van der Waals surface area contributed by atoms with Crippen LogP contribution in [0.3, 0.4) is 0 Å². The van der Waals surface area contributed by atoms with Gasteiger partial charge < -0.3 is 0 Å². The molecule has 0 spiro atoms. The van der Waals surface area contributed by atoms with Crippen LogP contribution in [0, 0.1) is 0 Å². The Kier molecular flexibility index (Phi) is 12.2. The fourth-order valence-electron chi connectivity index (χ4n) is 1.37. The molecule has 0 aliphatic heterocycles. The van der Waals surface area contributed by atoms with Crippen molar-refractivity contribution in [1.82, 2.24) is 0 Å². The minimum atomic E-state index is -4.11. The van der Waals surface area contributed by atoms with Crippen LogP contribution in [0.1, 0.15) is 58.3 Å². The van der Waals surface area contributed by atoms with Crippen molar-refractivity contribution in [1.29, 1.82) is 0 Å². The molecule has 0 rings (SSSR count). The van der Waals surface area contributed by atoms with Crippen molar-refractivity contribution in [3.63, 3.8) is 0 Å². The van der Waals surface area contributed by atoms with Crippen molar-refractivity contribution in [2.75, 3.05) is 6.61 Å². The topological polar surface area (TPSA) is 9.23 Å². The Morgan fingerprint density at radius 2 is 1.36 bits per heavy atom. The Morgan fingerprint density at radius 3 is 1.86 bits per heavy atom. The first-order valence-electron chi connectivity index (χ1n) is 5.52. The second-order valence-electron chi connectivity index (χ2n) is 3.51. The summed E-state index contributed by atoms with van der Waals surface area (Å²) < 4.78 is 27.8.